The standard InChI is InChI=1S/C8H15NO4S/c1-5(7(10)12-2)14-4-6(9)8(11)13-3/h5-6H,4,9H2,1-3H3. The summed E-state index contributed by atoms with van der Waals surface area (Å²) in [5.41, 5.74) is 5.47. The Bertz CT molecular complexity index is 188. The molecule has 0 rings (SSSR count). The van der Waals surface area contributed by atoms with Crippen LogP contribution in [0.4, 0.5) is 0 Å². The molecule has 0 heterocycles. The van der Waals surface area contributed by atoms with E-state index in [1.807, 2.05) is 0 Å². The van der Waals surface area contributed by atoms with Crippen LogP contribution in [0.1, 0.15) is 6.92 Å². The van der Waals surface area contributed by atoms with Crippen molar-refractivity contribution < 1.29 is 19.1 Å². The molecule has 0 fully saturated rings. The molecular weight excluding hydrogens is 206 g/mol. The van der Waals surface area contributed by atoms with Crippen LogP contribution in [0.2, 0.25) is 0 Å². The van der Waals surface area contributed by atoms with Crippen molar-refractivity contribution in [3.05, 3.63) is 0 Å². The first-order valence-electron chi connectivity index (χ1n) is 4.05. The topological polar surface area (TPSA) is 78.6 Å². The Kier molecular flexibility index (Phi) is 6.31. The smallest absolute Gasteiger partial charge is 0.323 e. The Balaban J connectivity index is 3.82. The van der Waals surface area contributed by atoms with E-state index in [1.54, 1.807) is 6.92 Å². The van der Waals surface area contributed by atoms with Crippen molar-refractivity contribution in [2.45, 2.75) is 18.2 Å². The molecule has 5 nitrogen and oxygen atoms in total. The average molecular weight is 221 g/mol. The molecule has 0 saturated carbocycles. The second-order valence-corrected chi connectivity index (χ2v) is 4.00. The Labute approximate surface area is 87.3 Å². The van der Waals surface area contributed by atoms with Gasteiger partial charge in [-0.1, -0.05) is 0 Å². The lowest BCUT2D eigenvalue weighted by atomic mass is 10.4. The molecule has 0 radical (unpaired) electrons. The summed E-state index contributed by atoms with van der Waals surface area (Å²) in [5, 5.41) is -0.323. The Hall–Kier alpha value is -0.750. The number of thioether (sulfide) groups is 1. The van der Waals surface area contributed by atoms with Crippen molar-refractivity contribution in [3.63, 3.8) is 0 Å². The molecule has 82 valence electrons. The maximum Gasteiger partial charge on any atom is 0.323 e. The number of rotatable bonds is 5. The monoisotopic (exact) mass is 221 g/mol. The van der Waals surface area contributed by atoms with Crippen LogP contribution in [0.5, 0.6) is 0 Å². The van der Waals surface area contributed by atoms with Gasteiger partial charge in [-0.25, -0.2) is 0 Å². The molecule has 0 aromatic carbocycles. The molecule has 0 aliphatic heterocycles. The Morgan fingerprint density at radius 3 is 2.21 bits per heavy atom. The van der Waals surface area contributed by atoms with Gasteiger partial charge in [0.15, 0.2) is 0 Å². The fourth-order valence-electron chi connectivity index (χ4n) is 0.701. The van der Waals surface area contributed by atoms with Gasteiger partial charge in [-0.3, -0.25) is 9.59 Å². The fourth-order valence-corrected chi connectivity index (χ4v) is 1.57. The summed E-state index contributed by atoms with van der Waals surface area (Å²) in [6, 6.07) is -0.697. The number of esters is 2. The van der Waals surface area contributed by atoms with Gasteiger partial charge in [0.25, 0.3) is 0 Å². The molecule has 0 saturated heterocycles. The van der Waals surface area contributed by atoms with Crippen LogP contribution in [0, 0.1) is 0 Å². The first-order chi connectivity index (χ1) is 6.52. The van der Waals surface area contributed by atoms with Crippen LogP contribution < -0.4 is 5.73 Å². The van der Waals surface area contributed by atoms with Crippen molar-refractivity contribution in [1.82, 2.24) is 0 Å². The summed E-state index contributed by atoms with van der Waals surface area (Å²) < 4.78 is 8.95. The normalized spacial score (nSPS) is 14.3. The third kappa shape index (κ3) is 4.48. The van der Waals surface area contributed by atoms with Crippen LogP contribution in [-0.4, -0.2) is 43.2 Å². The minimum Gasteiger partial charge on any atom is -0.468 e. The maximum atomic E-state index is 11.0. The van der Waals surface area contributed by atoms with Crippen LogP contribution >= 0.6 is 11.8 Å². The molecule has 2 atom stereocenters. The highest BCUT2D eigenvalue weighted by Crippen LogP contribution is 2.12. The van der Waals surface area contributed by atoms with Gasteiger partial charge in [-0.15, -0.1) is 11.8 Å². The molecule has 0 amide bonds. The molecule has 0 aromatic heterocycles. The average Bonchev–Trinajstić information content (AvgIpc) is 2.22. The predicted octanol–water partition coefficient (Wildman–Crippen LogP) is -0.219. The molecule has 0 aliphatic carbocycles. The van der Waals surface area contributed by atoms with Gasteiger partial charge in [0.2, 0.25) is 0 Å². The van der Waals surface area contributed by atoms with Crippen molar-refractivity contribution in [3.8, 4) is 0 Å². The molecular formula is C8H15NO4S. The maximum absolute atomic E-state index is 11.0. The number of carbonyl (C=O) groups excluding carboxylic acids is 2. The third-order valence-corrected chi connectivity index (χ3v) is 2.81. The number of hydrogen-bond donors (Lipinski definition) is 1. The molecule has 6 heteroatoms. The van der Waals surface area contributed by atoms with Crippen molar-refractivity contribution in [1.29, 1.82) is 0 Å². The second-order valence-electron chi connectivity index (χ2n) is 2.63. The molecule has 2 N–H and O–H groups in total. The van der Waals surface area contributed by atoms with Gasteiger partial charge in [-0.2, -0.15) is 0 Å². The van der Waals surface area contributed by atoms with Gasteiger partial charge in [0, 0.05) is 5.75 Å². The van der Waals surface area contributed by atoms with Gasteiger partial charge < -0.3 is 15.2 Å². The quantitative estimate of drug-likeness (QED) is 0.647. The summed E-state index contributed by atoms with van der Waals surface area (Å²) in [6.07, 6.45) is 0. The number of hydrogen-bond acceptors (Lipinski definition) is 6. The molecule has 0 aromatic rings. The molecule has 0 aliphatic rings. The lowest BCUT2D eigenvalue weighted by molar-refractivity contribution is -0.142. The molecule has 0 bridgehead atoms. The largest absolute Gasteiger partial charge is 0.468 e. The summed E-state index contributed by atoms with van der Waals surface area (Å²) in [4.78, 5) is 21.9. The van der Waals surface area contributed by atoms with Crippen molar-refractivity contribution in [2.75, 3.05) is 20.0 Å². The zero-order valence-electron chi connectivity index (χ0n) is 8.48. The van der Waals surface area contributed by atoms with Gasteiger partial charge >= 0.3 is 11.9 Å². The van der Waals surface area contributed by atoms with Gasteiger partial charge in [0.1, 0.15) is 6.04 Å². The van der Waals surface area contributed by atoms with Crippen molar-refractivity contribution >= 4 is 23.7 Å². The summed E-state index contributed by atoms with van der Waals surface area (Å²) in [6.45, 7) is 1.69. The van der Waals surface area contributed by atoms with Crippen LogP contribution in [0.25, 0.3) is 0 Å². The highest BCUT2D eigenvalue weighted by Gasteiger charge is 2.19. The van der Waals surface area contributed by atoms with E-state index < -0.39 is 12.0 Å². The summed E-state index contributed by atoms with van der Waals surface area (Å²) >= 11 is 1.26. The van der Waals surface area contributed by atoms with Crippen LogP contribution in [-0.2, 0) is 19.1 Å². The molecule has 0 spiro atoms. The van der Waals surface area contributed by atoms with Crippen molar-refractivity contribution in [2.24, 2.45) is 5.73 Å². The minimum atomic E-state index is -0.697. The lowest BCUT2D eigenvalue weighted by Crippen LogP contribution is -2.35. The van der Waals surface area contributed by atoms with E-state index in [0.717, 1.165) is 0 Å². The SMILES string of the molecule is COC(=O)C(N)CSC(C)C(=O)OC. The van der Waals surface area contributed by atoms with E-state index in [2.05, 4.69) is 9.47 Å². The van der Waals surface area contributed by atoms with Gasteiger partial charge in [0.05, 0.1) is 19.5 Å². The van der Waals surface area contributed by atoms with E-state index in [4.69, 9.17) is 5.73 Å². The second kappa shape index (κ2) is 6.67. The summed E-state index contributed by atoms with van der Waals surface area (Å²) in [5.74, 6) is -0.468. The van der Waals surface area contributed by atoms with Gasteiger partial charge in [-0.05, 0) is 6.92 Å². The minimum absolute atomic E-state index is 0.323. The van der Waals surface area contributed by atoms with E-state index >= 15 is 0 Å². The van der Waals surface area contributed by atoms with E-state index in [9.17, 15) is 9.59 Å². The predicted molar refractivity (Wildman–Crippen MR) is 53.9 cm³/mol. The third-order valence-electron chi connectivity index (χ3n) is 1.56. The first-order valence-corrected chi connectivity index (χ1v) is 5.10. The number of methoxy groups -OCH3 is 2. The van der Waals surface area contributed by atoms with E-state index in [1.165, 1.54) is 26.0 Å². The van der Waals surface area contributed by atoms with E-state index in [0.29, 0.717) is 5.75 Å². The Morgan fingerprint density at radius 2 is 1.79 bits per heavy atom. The van der Waals surface area contributed by atoms with E-state index in [-0.39, 0.29) is 11.2 Å². The first kappa shape index (κ1) is 13.2. The zero-order chi connectivity index (χ0) is 11.1. The highest BCUT2D eigenvalue weighted by atomic mass is 32.2. The number of carbonyl (C=O) groups is 2. The number of nitrogens with two attached hydrogens (primary N) is 1. The lowest BCUT2D eigenvalue weighted by Gasteiger charge is -2.11. The van der Waals surface area contributed by atoms with Crippen LogP contribution in [0.15, 0.2) is 0 Å². The number of ether oxygens (including phenoxy) is 2. The molecule has 14 heavy (non-hydrogen) atoms. The molecule has 2 unspecified atom stereocenters. The summed E-state index contributed by atoms with van der Waals surface area (Å²) in [7, 11) is 2.59. The van der Waals surface area contributed by atoms with Crippen LogP contribution in [0.3, 0.4) is 0 Å². The Morgan fingerprint density at radius 1 is 1.29 bits per heavy atom. The zero-order valence-corrected chi connectivity index (χ0v) is 9.30. The highest BCUT2D eigenvalue weighted by molar-refractivity contribution is 8.00. The fraction of sp³-hybridized carbons (Fsp3) is 0.750.